The number of nitrogens with one attached hydrogen (secondary N) is 3. The summed E-state index contributed by atoms with van der Waals surface area (Å²) in [5.41, 5.74) is 1.51. The molecular weight excluding hydrogens is 452 g/mol. The molecule has 2 unspecified atom stereocenters. The molecule has 2 rings (SSSR count). The fourth-order valence-electron chi connectivity index (χ4n) is 4.08. The Kier molecular flexibility index (Phi) is 9.56. The van der Waals surface area contributed by atoms with Crippen molar-refractivity contribution in [2.75, 3.05) is 13.7 Å². The molecule has 1 heterocycles. The highest BCUT2D eigenvalue weighted by Gasteiger charge is 2.38. The van der Waals surface area contributed by atoms with E-state index in [4.69, 9.17) is 4.74 Å². The minimum absolute atomic E-state index is 0.164. The first-order valence-electron chi connectivity index (χ1n) is 11.6. The van der Waals surface area contributed by atoms with Crippen LogP contribution in [0.3, 0.4) is 0 Å². The molecule has 0 spiro atoms. The molecule has 2 amide bonds. The van der Waals surface area contributed by atoms with Crippen molar-refractivity contribution in [3.8, 4) is 0 Å². The van der Waals surface area contributed by atoms with E-state index in [1.807, 2.05) is 20.8 Å². The van der Waals surface area contributed by atoms with E-state index in [0.717, 1.165) is 12.8 Å². The Morgan fingerprint density at radius 1 is 1.17 bits per heavy atom. The number of ether oxygens (including phenoxy) is 1. The molecule has 0 saturated heterocycles. The monoisotopic (exact) mass is 486 g/mol. The van der Waals surface area contributed by atoms with Gasteiger partial charge in [0.2, 0.25) is 5.91 Å². The molecule has 2 atom stereocenters. The fourth-order valence-corrected chi connectivity index (χ4v) is 4.08. The van der Waals surface area contributed by atoms with Crippen LogP contribution in [0.4, 0.5) is 5.69 Å². The van der Waals surface area contributed by atoms with Gasteiger partial charge in [-0.05, 0) is 31.7 Å². The maximum Gasteiger partial charge on any atom is 0.336 e. The summed E-state index contributed by atoms with van der Waals surface area (Å²) >= 11 is 0. The van der Waals surface area contributed by atoms with Gasteiger partial charge >= 0.3 is 5.97 Å². The lowest BCUT2D eigenvalue weighted by Gasteiger charge is -2.32. The molecule has 3 N–H and O–H groups in total. The van der Waals surface area contributed by atoms with Crippen LogP contribution in [0.15, 0.2) is 46.8 Å². The quantitative estimate of drug-likeness (QED) is 0.200. The van der Waals surface area contributed by atoms with Crippen molar-refractivity contribution in [2.24, 2.45) is 5.92 Å². The molecule has 190 valence electrons. The highest BCUT2D eigenvalue weighted by molar-refractivity contribution is 6.03. The Balaban J connectivity index is 2.54. The lowest BCUT2D eigenvalue weighted by molar-refractivity contribution is -0.384. The van der Waals surface area contributed by atoms with Gasteiger partial charge in [-0.25, -0.2) is 4.79 Å². The number of methoxy groups -OCH3 is 1. The Morgan fingerprint density at radius 2 is 1.83 bits per heavy atom. The van der Waals surface area contributed by atoms with Crippen LogP contribution in [0.2, 0.25) is 0 Å². The third-order valence-corrected chi connectivity index (χ3v) is 5.89. The Hall–Kier alpha value is -3.69. The SMILES string of the molecule is CCCCNC(=O)C(NC(=O)C1=C(C)NC(C)=C(C(=O)OC)C1c1cccc([N+](=O)[O-])c1)C(C)C. The van der Waals surface area contributed by atoms with Gasteiger partial charge in [0.05, 0.1) is 23.5 Å². The van der Waals surface area contributed by atoms with Gasteiger partial charge in [-0.2, -0.15) is 0 Å². The summed E-state index contributed by atoms with van der Waals surface area (Å²) in [5.74, 6) is -2.64. The standard InChI is InChI=1S/C25H34N4O6/c1-7-8-12-26-24(31)22(14(2)3)28-23(30)19-15(4)27-16(5)20(25(32)35-6)21(19)17-10-9-11-18(13-17)29(33)34/h9-11,13-14,21-22,27H,7-8,12H2,1-6H3,(H,26,31)(H,28,30). The van der Waals surface area contributed by atoms with E-state index in [1.54, 1.807) is 19.9 Å². The molecule has 0 saturated carbocycles. The molecule has 1 aliphatic rings. The number of allylic oxidation sites excluding steroid dienone is 2. The number of hydrogen-bond acceptors (Lipinski definition) is 7. The Morgan fingerprint density at radius 3 is 2.40 bits per heavy atom. The van der Waals surface area contributed by atoms with Crippen LogP contribution in [0.25, 0.3) is 0 Å². The number of amides is 2. The summed E-state index contributed by atoms with van der Waals surface area (Å²) in [6, 6.07) is 4.99. The van der Waals surface area contributed by atoms with Gasteiger partial charge in [0.25, 0.3) is 11.6 Å². The van der Waals surface area contributed by atoms with Gasteiger partial charge in [-0.1, -0.05) is 39.3 Å². The zero-order chi connectivity index (χ0) is 26.3. The number of unbranched alkanes of at least 4 members (excludes halogenated alkanes) is 1. The van der Waals surface area contributed by atoms with E-state index in [2.05, 4.69) is 16.0 Å². The van der Waals surface area contributed by atoms with E-state index >= 15 is 0 Å². The second-order valence-corrected chi connectivity index (χ2v) is 8.82. The number of hydrogen-bond donors (Lipinski definition) is 3. The summed E-state index contributed by atoms with van der Waals surface area (Å²) in [6.07, 6.45) is 1.74. The number of dihydropyridines is 1. The van der Waals surface area contributed by atoms with Crippen molar-refractivity contribution in [3.05, 3.63) is 62.5 Å². The largest absolute Gasteiger partial charge is 0.466 e. The van der Waals surface area contributed by atoms with Gasteiger partial charge in [0.15, 0.2) is 0 Å². The molecule has 0 aromatic heterocycles. The predicted octanol–water partition coefficient (Wildman–Crippen LogP) is 3.06. The molecular formula is C25H34N4O6. The Bertz CT molecular complexity index is 1060. The van der Waals surface area contributed by atoms with Gasteiger partial charge in [0, 0.05) is 35.6 Å². The highest BCUT2D eigenvalue weighted by Crippen LogP contribution is 2.39. The first-order chi connectivity index (χ1) is 16.5. The second-order valence-electron chi connectivity index (χ2n) is 8.82. The van der Waals surface area contributed by atoms with Crippen molar-refractivity contribution in [1.29, 1.82) is 0 Å². The summed E-state index contributed by atoms with van der Waals surface area (Å²) in [7, 11) is 1.23. The molecule has 35 heavy (non-hydrogen) atoms. The van der Waals surface area contributed by atoms with Crippen LogP contribution < -0.4 is 16.0 Å². The average molecular weight is 487 g/mol. The molecule has 0 bridgehead atoms. The maximum atomic E-state index is 13.6. The minimum Gasteiger partial charge on any atom is -0.466 e. The number of nitro benzene ring substituents is 1. The molecule has 1 aliphatic heterocycles. The predicted molar refractivity (Wildman–Crippen MR) is 131 cm³/mol. The van der Waals surface area contributed by atoms with E-state index < -0.39 is 28.8 Å². The molecule has 1 aromatic rings. The Labute approximate surface area is 205 Å². The smallest absolute Gasteiger partial charge is 0.336 e. The summed E-state index contributed by atoms with van der Waals surface area (Å²) in [4.78, 5) is 50.1. The molecule has 10 nitrogen and oxygen atoms in total. The number of nitro groups is 1. The average Bonchev–Trinajstić information content (AvgIpc) is 2.81. The maximum absolute atomic E-state index is 13.6. The van der Waals surface area contributed by atoms with E-state index in [-0.39, 0.29) is 28.7 Å². The van der Waals surface area contributed by atoms with Crippen molar-refractivity contribution < 1.29 is 24.0 Å². The van der Waals surface area contributed by atoms with Crippen molar-refractivity contribution >= 4 is 23.5 Å². The zero-order valence-electron chi connectivity index (χ0n) is 21.1. The van der Waals surface area contributed by atoms with Gasteiger partial charge in [-0.3, -0.25) is 19.7 Å². The number of non-ortho nitro benzene ring substituents is 1. The first kappa shape index (κ1) is 27.6. The first-order valence-corrected chi connectivity index (χ1v) is 11.6. The lowest BCUT2D eigenvalue weighted by atomic mass is 9.79. The molecule has 0 aliphatic carbocycles. The summed E-state index contributed by atoms with van der Waals surface area (Å²) < 4.78 is 4.98. The zero-order valence-corrected chi connectivity index (χ0v) is 21.1. The van der Waals surface area contributed by atoms with E-state index in [1.165, 1.54) is 25.3 Å². The van der Waals surface area contributed by atoms with Gasteiger partial charge in [0.1, 0.15) is 6.04 Å². The number of nitrogens with zero attached hydrogens (tertiary/aromatic N) is 1. The number of benzene rings is 1. The van der Waals surface area contributed by atoms with Crippen LogP contribution in [0.1, 0.15) is 58.9 Å². The van der Waals surface area contributed by atoms with Crippen molar-refractivity contribution in [1.82, 2.24) is 16.0 Å². The van der Waals surface area contributed by atoms with Crippen LogP contribution in [0, 0.1) is 16.0 Å². The number of carbonyl (C=O) groups excluding carboxylic acids is 3. The van der Waals surface area contributed by atoms with Crippen LogP contribution in [0.5, 0.6) is 0 Å². The minimum atomic E-state index is -0.931. The van der Waals surface area contributed by atoms with Crippen LogP contribution in [-0.2, 0) is 19.1 Å². The molecule has 0 radical (unpaired) electrons. The van der Waals surface area contributed by atoms with E-state index in [0.29, 0.717) is 23.5 Å². The number of rotatable bonds is 10. The normalized spacial score (nSPS) is 16.5. The topological polar surface area (TPSA) is 140 Å². The fraction of sp³-hybridized carbons (Fsp3) is 0.480. The van der Waals surface area contributed by atoms with E-state index in [9.17, 15) is 24.5 Å². The third-order valence-electron chi connectivity index (χ3n) is 5.89. The molecule has 10 heteroatoms. The summed E-state index contributed by atoms with van der Waals surface area (Å²) in [5, 5.41) is 20.1. The van der Waals surface area contributed by atoms with Crippen molar-refractivity contribution in [2.45, 2.75) is 59.4 Å². The highest BCUT2D eigenvalue weighted by atomic mass is 16.6. The van der Waals surface area contributed by atoms with Crippen LogP contribution >= 0.6 is 0 Å². The third kappa shape index (κ3) is 6.46. The second kappa shape index (κ2) is 12.1. The summed E-state index contributed by atoms with van der Waals surface area (Å²) in [6.45, 7) is 9.53. The molecule has 1 aromatic carbocycles. The number of esters is 1. The molecule has 0 fully saturated rings. The number of carbonyl (C=O) groups is 3. The van der Waals surface area contributed by atoms with Crippen molar-refractivity contribution in [3.63, 3.8) is 0 Å². The van der Waals surface area contributed by atoms with Gasteiger partial charge in [-0.15, -0.1) is 0 Å². The van der Waals surface area contributed by atoms with Gasteiger partial charge < -0.3 is 20.7 Å². The van der Waals surface area contributed by atoms with Crippen LogP contribution in [-0.4, -0.2) is 42.4 Å². The lowest BCUT2D eigenvalue weighted by Crippen LogP contribution is -2.51.